The van der Waals surface area contributed by atoms with Crippen LogP contribution in [-0.2, 0) is 11.3 Å². The van der Waals surface area contributed by atoms with Crippen LogP contribution >= 0.6 is 11.6 Å². The molecule has 0 fully saturated rings. The lowest BCUT2D eigenvalue weighted by Gasteiger charge is -2.18. The smallest absolute Gasteiger partial charge is 0.345 e. The summed E-state index contributed by atoms with van der Waals surface area (Å²) in [5, 5.41) is 1.44. The third kappa shape index (κ3) is 4.86. The van der Waals surface area contributed by atoms with Gasteiger partial charge in [0.15, 0.2) is 5.65 Å². The Morgan fingerprint density at radius 1 is 1.00 bits per heavy atom. The number of pyridine rings is 1. The van der Waals surface area contributed by atoms with Crippen molar-refractivity contribution in [2.45, 2.75) is 27.4 Å². The number of imidazole rings is 1. The van der Waals surface area contributed by atoms with Crippen molar-refractivity contribution >= 4 is 34.1 Å². The van der Waals surface area contributed by atoms with E-state index in [0.29, 0.717) is 28.6 Å². The fraction of sp³-hybridized carbons (Fsp3) is 0.172. The number of carbonyl (C=O) groups is 1. The standard InChI is InChI=1S/C27H21ClN2O3.C2H6/c1-2-32-27(31)23-25(33-17-18-8-4-3-5-9-18)22-13-7-12-21(19-10-6-11-20(28)16-19)24(22)30-15-14-29-26(23)30;1-2/h3-16H,2,17H2,1H3;1-2H3. The van der Waals surface area contributed by atoms with Crippen molar-refractivity contribution in [3.05, 3.63) is 101 Å². The second-order valence-electron chi connectivity index (χ2n) is 7.53. The first-order chi connectivity index (χ1) is 17.2. The van der Waals surface area contributed by atoms with Gasteiger partial charge < -0.3 is 9.47 Å². The Kier molecular flexibility index (Phi) is 7.68. The van der Waals surface area contributed by atoms with E-state index in [0.717, 1.165) is 27.6 Å². The molecule has 35 heavy (non-hydrogen) atoms. The molecule has 0 N–H and O–H groups in total. The number of rotatable bonds is 6. The van der Waals surface area contributed by atoms with E-state index in [2.05, 4.69) is 4.98 Å². The van der Waals surface area contributed by atoms with E-state index in [-0.39, 0.29) is 6.61 Å². The van der Waals surface area contributed by atoms with Gasteiger partial charge in [-0.3, -0.25) is 4.40 Å². The van der Waals surface area contributed by atoms with Crippen LogP contribution < -0.4 is 4.74 Å². The van der Waals surface area contributed by atoms with Crippen molar-refractivity contribution in [1.82, 2.24) is 9.38 Å². The predicted octanol–water partition coefficient (Wildman–Crippen LogP) is 7.59. The highest BCUT2D eigenvalue weighted by atomic mass is 35.5. The first-order valence-corrected chi connectivity index (χ1v) is 12.1. The lowest BCUT2D eigenvalue weighted by atomic mass is 10.00. The number of fused-ring (bicyclic) bond motifs is 3. The van der Waals surface area contributed by atoms with Crippen LogP contribution in [0, 0.1) is 0 Å². The van der Waals surface area contributed by atoms with Crippen molar-refractivity contribution in [3.8, 4) is 16.9 Å². The summed E-state index contributed by atoms with van der Waals surface area (Å²) < 4.78 is 13.6. The van der Waals surface area contributed by atoms with E-state index < -0.39 is 5.97 Å². The number of carbonyl (C=O) groups excluding carboxylic acids is 1. The van der Waals surface area contributed by atoms with E-state index in [1.807, 2.05) is 97.2 Å². The van der Waals surface area contributed by atoms with Crippen molar-refractivity contribution in [1.29, 1.82) is 0 Å². The third-order valence-corrected chi connectivity index (χ3v) is 5.69. The molecule has 0 aliphatic carbocycles. The topological polar surface area (TPSA) is 52.8 Å². The van der Waals surface area contributed by atoms with Gasteiger partial charge in [-0.25, -0.2) is 9.78 Å². The Labute approximate surface area is 209 Å². The molecule has 6 heteroatoms. The minimum atomic E-state index is -0.466. The molecular weight excluding hydrogens is 460 g/mol. The van der Waals surface area contributed by atoms with Gasteiger partial charge >= 0.3 is 5.97 Å². The predicted molar refractivity (Wildman–Crippen MR) is 141 cm³/mol. The zero-order chi connectivity index (χ0) is 24.8. The van der Waals surface area contributed by atoms with Gasteiger partial charge in [-0.2, -0.15) is 0 Å². The van der Waals surface area contributed by atoms with Crippen LogP contribution in [0.4, 0.5) is 0 Å². The van der Waals surface area contributed by atoms with Crippen LogP contribution in [0.2, 0.25) is 5.02 Å². The van der Waals surface area contributed by atoms with Crippen LogP contribution in [0.1, 0.15) is 36.7 Å². The van der Waals surface area contributed by atoms with Gasteiger partial charge in [0.2, 0.25) is 0 Å². The maximum atomic E-state index is 13.1. The SMILES string of the molecule is CC.CCOC(=O)c1c(OCc2ccccc2)c2cccc(-c3cccc(Cl)c3)c2n2ccnc12. The molecular formula is C29H27ClN2O3. The van der Waals surface area contributed by atoms with E-state index in [1.54, 1.807) is 13.1 Å². The van der Waals surface area contributed by atoms with E-state index >= 15 is 0 Å². The van der Waals surface area contributed by atoms with Gasteiger partial charge in [-0.1, -0.05) is 80.0 Å². The zero-order valence-corrected chi connectivity index (χ0v) is 20.8. The number of halogens is 1. The average molecular weight is 487 g/mol. The molecule has 0 bridgehead atoms. The van der Waals surface area contributed by atoms with Crippen molar-refractivity contribution < 1.29 is 14.3 Å². The van der Waals surface area contributed by atoms with Crippen LogP contribution in [0.25, 0.3) is 27.7 Å². The molecule has 0 aliphatic rings. The molecule has 5 aromatic rings. The van der Waals surface area contributed by atoms with Gasteiger partial charge in [0.1, 0.15) is 17.9 Å². The summed E-state index contributed by atoms with van der Waals surface area (Å²) in [4.78, 5) is 17.6. The van der Waals surface area contributed by atoms with E-state index in [9.17, 15) is 4.79 Å². The van der Waals surface area contributed by atoms with Gasteiger partial charge in [-0.05, 0) is 36.2 Å². The monoisotopic (exact) mass is 486 g/mol. The van der Waals surface area contributed by atoms with Crippen LogP contribution in [0.15, 0.2) is 85.2 Å². The van der Waals surface area contributed by atoms with Gasteiger partial charge in [0, 0.05) is 28.4 Å². The molecule has 0 unspecified atom stereocenters. The second kappa shape index (κ2) is 11.1. The third-order valence-electron chi connectivity index (χ3n) is 5.45. The quantitative estimate of drug-likeness (QED) is 0.232. The summed E-state index contributed by atoms with van der Waals surface area (Å²) in [5.41, 5.74) is 4.59. The summed E-state index contributed by atoms with van der Waals surface area (Å²) in [6.07, 6.45) is 3.52. The molecule has 5 nitrogen and oxygen atoms in total. The second-order valence-corrected chi connectivity index (χ2v) is 7.97. The van der Waals surface area contributed by atoms with Crippen LogP contribution in [-0.4, -0.2) is 22.0 Å². The molecule has 0 radical (unpaired) electrons. The number of aromatic nitrogens is 2. The van der Waals surface area contributed by atoms with Crippen molar-refractivity contribution in [2.75, 3.05) is 6.61 Å². The Bertz CT molecular complexity index is 1460. The lowest BCUT2D eigenvalue weighted by molar-refractivity contribution is 0.0523. The largest absolute Gasteiger partial charge is 0.487 e. The molecule has 0 aliphatic heterocycles. The highest BCUT2D eigenvalue weighted by Crippen LogP contribution is 2.39. The van der Waals surface area contributed by atoms with Gasteiger partial charge in [0.25, 0.3) is 0 Å². The fourth-order valence-electron chi connectivity index (χ4n) is 4.05. The minimum Gasteiger partial charge on any atom is -0.487 e. The van der Waals surface area contributed by atoms with Crippen molar-refractivity contribution in [3.63, 3.8) is 0 Å². The number of nitrogens with zero attached hydrogens (tertiary/aromatic N) is 2. The summed E-state index contributed by atoms with van der Waals surface area (Å²) in [7, 11) is 0. The summed E-state index contributed by atoms with van der Waals surface area (Å²) in [5.74, 6) is -0.0123. The highest BCUT2D eigenvalue weighted by molar-refractivity contribution is 6.31. The Morgan fingerprint density at radius 2 is 1.77 bits per heavy atom. The van der Waals surface area contributed by atoms with Crippen LogP contribution in [0.3, 0.4) is 0 Å². The molecule has 2 heterocycles. The number of esters is 1. The van der Waals surface area contributed by atoms with Crippen LogP contribution in [0.5, 0.6) is 5.75 Å². The molecule has 0 saturated carbocycles. The Morgan fingerprint density at radius 3 is 2.51 bits per heavy atom. The maximum absolute atomic E-state index is 13.1. The highest BCUT2D eigenvalue weighted by Gasteiger charge is 2.25. The molecule has 0 spiro atoms. The maximum Gasteiger partial charge on any atom is 0.345 e. The average Bonchev–Trinajstić information content (AvgIpc) is 3.38. The molecule has 0 saturated heterocycles. The molecule has 5 rings (SSSR count). The molecule has 2 aromatic heterocycles. The molecule has 0 amide bonds. The Hall–Kier alpha value is -3.83. The van der Waals surface area contributed by atoms with Gasteiger partial charge in [-0.15, -0.1) is 0 Å². The first kappa shape index (κ1) is 24.3. The number of hydrogen-bond acceptors (Lipinski definition) is 4. The van der Waals surface area contributed by atoms with E-state index in [1.165, 1.54) is 0 Å². The fourth-order valence-corrected chi connectivity index (χ4v) is 4.24. The first-order valence-electron chi connectivity index (χ1n) is 11.7. The van der Waals surface area contributed by atoms with Gasteiger partial charge in [0.05, 0.1) is 12.1 Å². The number of para-hydroxylation sites is 1. The van der Waals surface area contributed by atoms with E-state index in [4.69, 9.17) is 21.1 Å². The number of benzene rings is 3. The number of ether oxygens (including phenoxy) is 2. The summed E-state index contributed by atoms with van der Waals surface area (Å²) in [6, 6.07) is 23.5. The number of hydrogen-bond donors (Lipinski definition) is 0. The molecule has 178 valence electrons. The lowest BCUT2D eigenvalue weighted by Crippen LogP contribution is -2.11. The molecule has 3 aromatic carbocycles. The normalized spacial score (nSPS) is 10.6. The summed E-state index contributed by atoms with van der Waals surface area (Å²) in [6.45, 7) is 6.34. The zero-order valence-electron chi connectivity index (χ0n) is 20.0. The van der Waals surface area contributed by atoms with Crippen molar-refractivity contribution in [2.24, 2.45) is 0 Å². The summed E-state index contributed by atoms with van der Waals surface area (Å²) >= 11 is 6.29. The molecule has 0 atom stereocenters. The Balaban J connectivity index is 0.00000141. The minimum absolute atomic E-state index is 0.254.